The molecule has 1 aromatic carbocycles. The number of para-hydroxylation sites is 1. The normalized spacial score (nSPS) is 14.1. The van der Waals surface area contributed by atoms with Crippen LogP contribution in [0, 0.1) is 0 Å². The van der Waals surface area contributed by atoms with E-state index in [-0.39, 0.29) is 17.6 Å². The van der Waals surface area contributed by atoms with Crippen molar-refractivity contribution in [2.75, 3.05) is 18.5 Å². The lowest BCUT2D eigenvalue weighted by Crippen LogP contribution is -2.41. The van der Waals surface area contributed by atoms with Crippen LogP contribution in [0.3, 0.4) is 0 Å². The maximum atomic E-state index is 12.1. The van der Waals surface area contributed by atoms with E-state index in [0.29, 0.717) is 11.3 Å². The van der Waals surface area contributed by atoms with Gasteiger partial charge in [0.15, 0.2) is 0 Å². The highest BCUT2D eigenvalue weighted by atomic mass is 16.3. The monoisotopic (exact) mass is 237 g/mol. The Morgan fingerprint density at radius 1 is 1.35 bits per heavy atom. The van der Waals surface area contributed by atoms with E-state index in [1.54, 1.807) is 39.1 Å². The summed E-state index contributed by atoms with van der Waals surface area (Å²) >= 11 is 0. The number of aliphatic hydroxyl groups excluding tert-OH is 1. The number of amides is 1. The molecule has 1 rings (SSSR count). The van der Waals surface area contributed by atoms with E-state index in [1.165, 1.54) is 4.90 Å². The number of nitrogens with two attached hydrogens (primary N) is 2. The topological polar surface area (TPSA) is 92.6 Å². The number of hydrogen-bond acceptors (Lipinski definition) is 4. The Bertz CT molecular complexity index is 418. The number of anilines is 2. The summed E-state index contributed by atoms with van der Waals surface area (Å²) in [4.78, 5) is 13.6. The molecule has 2 atom stereocenters. The van der Waals surface area contributed by atoms with E-state index in [2.05, 4.69) is 0 Å². The number of aliphatic hydroxyl groups is 1. The van der Waals surface area contributed by atoms with E-state index in [0.717, 1.165) is 0 Å². The largest absolute Gasteiger partial charge is 0.397 e. The summed E-state index contributed by atoms with van der Waals surface area (Å²) in [6.45, 7) is 3.40. The molecule has 1 aromatic rings. The van der Waals surface area contributed by atoms with E-state index in [9.17, 15) is 9.90 Å². The minimum atomic E-state index is -0.605. The second-order valence-electron chi connectivity index (χ2n) is 4.21. The lowest BCUT2D eigenvalue weighted by Gasteiger charge is -2.27. The maximum absolute atomic E-state index is 12.1. The zero-order chi connectivity index (χ0) is 13.2. The first-order valence-electron chi connectivity index (χ1n) is 5.45. The second kappa shape index (κ2) is 5.05. The van der Waals surface area contributed by atoms with Crippen LogP contribution in [0.5, 0.6) is 0 Å². The quantitative estimate of drug-likeness (QED) is 0.674. The number of hydrogen-bond donors (Lipinski definition) is 3. The summed E-state index contributed by atoms with van der Waals surface area (Å²) in [5.41, 5.74) is 12.4. The highest BCUT2D eigenvalue weighted by molar-refractivity contribution is 6.01. The van der Waals surface area contributed by atoms with Gasteiger partial charge in [-0.25, -0.2) is 0 Å². The molecule has 0 bridgehead atoms. The molecule has 0 radical (unpaired) electrons. The third kappa shape index (κ3) is 2.68. The Labute approximate surface area is 101 Å². The fourth-order valence-electron chi connectivity index (χ4n) is 1.47. The molecule has 0 aromatic heterocycles. The SMILES string of the molecule is CC(O)C(C)N(C)C(=O)c1cccc(N)c1N. The Morgan fingerprint density at radius 2 is 1.94 bits per heavy atom. The summed E-state index contributed by atoms with van der Waals surface area (Å²) in [5, 5.41) is 9.46. The Morgan fingerprint density at radius 3 is 2.47 bits per heavy atom. The van der Waals surface area contributed by atoms with Gasteiger partial charge in [-0.3, -0.25) is 4.79 Å². The molecule has 0 spiro atoms. The number of rotatable bonds is 3. The molecular formula is C12H19N3O2. The van der Waals surface area contributed by atoms with Crippen LogP contribution in [-0.2, 0) is 0 Å². The van der Waals surface area contributed by atoms with Crippen LogP contribution >= 0.6 is 0 Å². The fraction of sp³-hybridized carbons (Fsp3) is 0.417. The molecule has 0 fully saturated rings. The van der Waals surface area contributed by atoms with Crippen molar-refractivity contribution >= 4 is 17.3 Å². The minimum absolute atomic E-state index is 0.247. The molecule has 94 valence electrons. The fourth-order valence-corrected chi connectivity index (χ4v) is 1.47. The maximum Gasteiger partial charge on any atom is 0.256 e. The van der Waals surface area contributed by atoms with Gasteiger partial charge in [0.1, 0.15) is 0 Å². The van der Waals surface area contributed by atoms with Crippen LogP contribution in [0.1, 0.15) is 24.2 Å². The summed E-state index contributed by atoms with van der Waals surface area (Å²) in [5.74, 6) is -0.247. The van der Waals surface area contributed by atoms with Crippen LogP contribution in [-0.4, -0.2) is 35.1 Å². The molecule has 0 saturated carbocycles. The van der Waals surface area contributed by atoms with Gasteiger partial charge in [0.2, 0.25) is 0 Å². The Balaban J connectivity index is 3.01. The van der Waals surface area contributed by atoms with Crippen molar-refractivity contribution in [2.24, 2.45) is 0 Å². The van der Waals surface area contributed by atoms with Crippen molar-refractivity contribution in [3.05, 3.63) is 23.8 Å². The second-order valence-corrected chi connectivity index (χ2v) is 4.21. The number of carbonyl (C=O) groups is 1. The van der Waals surface area contributed by atoms with Gasteiger partial charge in [0, 0.05) is 7.05 Å². The molecule has 5 nitrogen and oxygen atoms in total. The zero-order valence-electron chi connectivity index (χ0n) is 10.3. The number of nitrogen functional groups attached to an aromatic ring is 2. The predicted molar refractivity (Wildman–Crippen MR) is 68.5 cm³/mol. The molecule has 5 heteroatoms. The van der Waals surface area contributed by atoms with Crippen molar-refractivity contribution in [1.29, 1.82) is 0 Å². The first-order chi connectivity index (χ1) is 7.86. The lowest BCUT2D eigenvalue weighted by molar-refractivity contribution is 0.0539. The van der Waals surface area contributed by atoms with E-state index >= 15 is 0 Å². The molecule has 0 aliphatic rings. The molecule has 0 heterocycles. The number of likely N-dealkylation sites (N-methyl/N-ethyl adjacent to an activating group) is 1. The van der Waals surface area contributed by atoms with Crippen LogP contribution < -0.4 is 11.5 Å². The van der Waals surface area contributed by atoms with Crippen molar-refractivity contribution < 1.29 is 9.90 Å². The number of carbonyl (C=O) groups excluding carboxylic acids is 1. The highest BCUT2D eigenvalue weighted by Crippen LogP contribution is 2.21. The van der Waals surface area contributed by atoms with Gasteiger partial charge in [0.05, 0.1) is 29.1 Å². The molecule has 0 saturated heterocycles. The average molecular weight is 237 g/mol. The first kappa shape index (κ1) is 13.3. The minimum Gasteiger partial charge on any atom is -0.397 e. The van der Waals surface area contributed by atoms with Crippen LogP contribution in [0.2, 0.25) is 0 Å². The molecular weight excluding hydrogens is 218 g/mol. The average Bonchev–Trinajstić information content (AvgIpc) is 2.29. The van der Waals surface area contributed by atoms with Crippen molar-refractivity contribution in [3.63, 3.8) is 0 Å². The summed E-state index contributed by atoms with van der Waals surface area (Å²) in [7, 11) is 1.63. The number of benzene rings is 1. The van der Waals surface area contributed by atoms with E-state index in [1.807, 2.05) is 0 Å². The lowest BCUT2D eigenvalue weighted by atomic mass is 10.1. The molecule has 2 unspecified atom stereocenters. The summed E-state index contributed by atoms with van der Waals surface area (Å²) in [6, 6.07) is 4.66. The standard InChI is InChI=1S/C12H19N3O2/c1-7(8(2)16)15(3)12(17)9-5-4-6-10(13)11(9)14/h4-8,16H,13-14H2,1-3H3. The zero-order valence-corrected chi connectivity index (χ0v) is 10.3. The van der Waals surface area contributed by atoms with Gasteiger partial charge in [0.25, 0.3) is 5.91 Å². The molecule has 1 amide bonds. The molecule has 0 aliphatic heterocycles. The van der Waals surface area contributed by atoms with Crippen molar-refractivity contribution in [3.8, 4) is 0 Å². The Hall–Kier alpha value is -1.75. The smallest absolute Gasteiger partial charge is 0.256 e. The van der Waals surface area contributed by atoms with Gasteiger partial charge >= 0.3 is 0 Å². The van der Waals surface area contributed by atoms with Gasteiger partial charge < -0.3 is 21.5 Å². The van der Waals surface area contributed by atoms with Gasteiger partial charge in [-0.1, -0.05) is 6.07 Å². The highest BCUT2D eigenvalue weighted by Gasteiger charge is 2.22. The molecule has 0 aliphatic carbocycles. The van der Waals surface area contributed by atoms with Gasteiger partial charge in [-0.2, -0.15) is 0 Å². The first-order valence-corrected chi connectivity index (χ1v) is 5.45. The predicted octanol–water partition coefficient (Wildman–Crippen LogP) is 0.692. The molecule has 5 N–H and O–H groups in total. The third-order valence-corrected chi connectivity index (χ3v) is 3.00. The van der Waals surface area contributed by atoms with Crippen LogP contribution in [0.15, 0.2) is 18.2 Å². The molecule has 17 heavy (non-hydrogen) atoms. The third-order valence-electron chi connectivity index (χ3n) is 3.00. The Kier molecular flexibility index (Phi) is 3.96. The van der Waals surface area contributed by atoms with Gasteiger partial charge in [-0.05, 0) is 26.0 Å². The van der Waals surface area contributed by atoms with Crippen molar-refractivity contribution in [1.82, 2.24) is 4.90 Å². The van der Waals surface area contributed by atoms with Crippen LogP contribution in [0.4, 0.5) is 11.4 Å². The van der Waals surface area contributed by atoms with E-state index in [4.69, 9.17) is 11.5 Å². The summed E-state index contributed by atoms with van der Waals surface area (Å²) < 4.78 is 0. The van der Waals surface area contributed by atoms with Gasteiger partial charge in [-0.15, -0.1) is 0 Å². The van der Waals surface area contributed by atoms with Crippen molar-refractivity contribution in [2.45, 2.75) is 26.0 Å². The summed E-state index contributed by atoms with van der Waals surface area (Å²) in [6.07, 6.45) is -0.605. The number of nitrogens with zero attached hydrogens (tertiary/aromatic N) is 1. The van der Waals surface area contributed by atoms with E-state index < -0.39 is 6.10 Å². The van der Waals surface area contributed by atoms with Crippen LogP contribution in [0.25, 0.3) is 0 Å².